The van der Waals surface area contributed by atoms with E-state index in [0.29, 0.717) is 26.2 Å². The summed E-state index contributed by atoms with van der Waals surface area (Å²) in [5.41, 5.74) is 1.07. The van der Waals surface area contributed by atoms with E-state index in [1.54, 1.807) is 16.2 Å². The molecule has 1 fully saturated rings. The number of aryl methyl sites for hydroxylation is 1. The summed E-state index contributed by atoms with van der Waals surface area (Å²) >= 11 is 1.70. The quantitative estimate of drug-likeness (QED) is 0.660. The fourth-order valence-electron chi connectivity index (χ4n) is 3.57. The van der Waals surface area contributed by atoms with E-state index >= 15 is 0 Å². The Bertz CT molecular complexity index is 818. The van der Waals surface area contributed by atoms with Crippen molar-refractivity contribution in [3.05, 3.63) is 57.8 Å². The minimum Gasteiger partial charge on any atom is -0.376 e. The molecule has 2 aromatic rings. The Kier molecular flexibility index (Phi) is 8.28. The molecule has 1 aromatic heterocycles. The van der Waals surface area contributed by atoms with Gasteiger partial charge in [0, 0.05) is 36.0 Å². The number of hydrogen-bond acceptors (Lipinski definition) is 4. The fourth-order valence-corrected chi connectivity index (χ4v) is 4.48. The average molecular weight is 430 g/mol. The van der Waals surface area contributed by atoms with Crippen molar-refractivity contribution in [3.8, 4) is 0 Å². The Morgan fingerprint density at radius 1 is 1.13 bits per heavy atom. The molecular weight excluding hydrogens is 398 g/mol. The van der Waals surface area contributed by atoms with E-state index in [0.717, 1.165) is 29.9 Å². The van der Waals surface area contributed by atoms with Gasteiger partial charge in [0.15, 0.2) is 0 Å². The van der Waals surface area contributed by atoms with E-state index in [2.05, 4.69) is 24.4 Å². The molecule has 0 saturated carbocycles. The fraction of sp³-hybridized carbons (Fsp3) is 0.478. The van der Waals surface area contributed by atoms with E-state index in [1.807, 2.05) is 42.2 Å². The standard InChI is InChI=1S/C23H31N3O3S/c1-3-24-23(28)26(15-20-10-7-13-29-20)17-22(27)25(14-19-8-5-4-6-9-19)16-21-12-11-18(2)30-21/h4-6,8-9,11-12,20H,3,7,10,13-17H2,1-2H3,(H,24,28)/t20-/m0/s1. The first-order valence-corrected chi connectivity index (χ1v) is 11.4. The number of ether oxygens (including phenoxy) is 1. The largest absolute Gasteiger partial charge is 0.376 e. The topological polar surface area (TPSA) is 61.9 Å². The number of carbonyl (C=O) groups excluding carboxylic acids is 2. The maximum Gasteiger partial charge on any atom is 0.317 e. The number of nitrogens with one attached hydrogen (secondary N) is 1. The van der Waals surface area contributed by atoms with Gasteiger partial charge in [-0.2, -0.15) is 0 Å². The number of amides is 3. The van der Waals surface area contributed by atoms with Gasteiger partial charge in [-0.3, -0.25) is 4.79 Å². The Morgan fingerprint density at radius 2 is 1.93 bits per heavy atom. The van der Waals surface area contributed by atoms with Crippen LogP contribution in [0, 0.1) is 6.92 Å². The van der Waals surface area contributed by atoms with Crippen molar-refractivity contribution in [3.63, 3.8) is 0 Å². The van der Waals surface area contributed by atoms with E-state index in [1.165, 1.54) is 4.88 Å². The summed E-state index contributed by atoms with van der Waals surface area (Å²) < 4.78 is 5.70. The number of nitrogens with zero attached hydrogens (tertiary/aromatic N) is 2. The molecule has 7 heteroatoms. The predicted molar refractivity (Wildman–Crippen MR) is 119 cm³/mol. The predicted octanol–water partition coefficient (Wildman–Crippen LogP) is 3.80. The maximum atomic E-state index is 13.3. The van der Waals surface area contributed by atoms with E-state index in [-0.39, 0.29) is 24.6 Å². The molecule has 0 spiro atoms. The van der Waals surface area contributed by atoms with Gasteiger partial charge in [0.05, 0.1) is 12.6 Å². The van der Waals surface area contributed by atoms with Crippen molar-refractivity contribution in [1.29, 1.82) is 0 Å². The third-order valence-corrected chi connectivity index (χ3v) is 6.09. The second kappa shape index (κ2) is 11.1. The summed E-state index contributed by atoms with van der Waals surface area (Å²) in [6.07, 6.45) is 1.93. The van der Waals surface area contributed by atoms with Crippen molar-refractivity contribution in [2.45, 2.75) is 45.9 Å². The molecule has 0 unspecified atom stereocenters. The van der Waals surface area contributed by atoms with Crippen LogP contribution in [-0.2, 0) is 22.6 Å². The molecule has 3 rings (SSSR count). The lowest BCUT2D eigenvalue weighted by Gasteiger charge is -2.29. The highest BCUT2D eigenvalue weighted by Crippen LogP contribution is 2.19. The Hall–Kier alpha value is -2.38. The van der Waals surface area contributed by atoms with Gasteiger partial charge < -0.3 is 19.9 Å². The second-order valence-electron chi connectivity index (χ2n) is 7.60. The molecule has 1 saturated heterocycles. The lowest BCUT2D eigenvalue weighted by Crippen LogP contribution is -2.48. The summed E-state index contributed by atoms with van der Waals surface area (Å²) in [4.78, 5) is 31.7. The van der Waals surface area contributed by atoms with Gasteiger partial charge in [0.1, 0.15) is 6.54 Å². The van der Waals surface area contributed by atoms with Gasteiger partial charge in [-0.1, -0.05) is 30.3 Å². The lowest BCUT2D eigenvalue weighted by atomic mass is 10.2. The van der Waals surface area contributed by atoms with Crippen LogP contribution < -0.4 is 5.32 Å². The zero-order valence-electron chi connectivity index (χ0n) is 17.8. The lowest BCUT2D eigenvalue weighted by molar-refractivity contribution is -0.133. The number of carbonyl (C=O) groups is 2. The summed E-state index contributed by atoms with van der Waals surface area (Å²) in [7, 11) is 0. The first-order chi connectivity index (χ1) is 14.5. The molecule has 1 N–H and O–H groups in total. The Labute approximate surface area is 182 Å². The van der Waals surface area contributed by atoms with Gasteiger partial charge >= 0.3 is 6.03 Å². The van der Waals surface area contributed by atoms with Crippen molar-refractivity contribution >= 4 is 23.3 Å². The molecule has 1 aliphatic heterocycles. The molecule has 2 heterocycles. The third kappa shape index (κ3) is 6.57. The van der Waals surface area contributed by atoms with Crippen LogP contribution in [0.3, 0.4) is 0 Å². The van der Waals surface area contributed by atoms with Gasteiger partial charge in [0.25, 0.3) is 0 Å². The van der Waals surface area contributed by atoms with Crippen molar-refractivity contribution in [2.75, 3.05) is 26.2 Å². The molecule has 6 nitrogen and oxygen atoms in total. The van der Waals surface area contributed by atoms with Crippen molar-refractivity contribution in [2.24, 2.45) is 0 Å². The molecule has 30 heavy (non-hydrogen) atoms. The van der Waals surface area contributed by atoms with Crippen LogP contribution in [0.1, 0.15) is 35.1 Å². The number of hydrogen-bond donors (Lipinski definition) is 1. The summed E-state index contributed by atoms with van der Waals surface area (Å²) in [5.74, 6) is -0.0610. The summed E-state index contributed by atoms with van der Waals surface area (Å²) in [5, 5.41) is 2.83. The highest BCUT2D eigenvalue weighted by molar-refractivity contribution is 7.11. The average Bonchev–Trinajstić information content (AvgIpc) is 3.39. The molecule has 1 atom stereocenters. The minimum absolute atomic E-state index is 0.00271. The van der Waals surface area contributed by atoms with Crippen LogP contribution in [0.5, 0.6) is 0 Å². The SMILES string of the molecule is CCNC(=O)N(CC(=O)N(Cc1ccccc1)Cc1ccc(C)s1)C[C@@H]1CCCO1. The van der Waals surface area contributed by atoms with Gasteiger partial charge in [0.2, 0.25) is 5.91 Å². The van der Waals surface area contributed by atoms with Crippen LogP contribution in [0.15, 0.2) is 42.5 Å². The molecule has 0 radical (unpaired) electrons. The van der Waals surface area contributed by atoms with Gasteiger partial charge in [-0.25, -0.2) is 4.79 Å². The zero-order valence-corrected chi connectivity index (χ0v) is 18.6. The zero-order chi connectivity index (χ0) is 21.3. The van der Waals surface area contributed by atoms with E-state index in [4.69, 9.17) is 4.74 Å². The smallest absolute Gasteiger partial charge is 0.317 e. The highest BCUT2D eigenvalue weighted by Gasteiger charge is 2.26. The highest BCUT2D eigenvalue weighted by atomic mass is 32.1. The molecule has 162 valence electrons. The molecule has 0 aliphatic carbocycles. The van der Waals surface area contributed by atoms with Gasteiger partial charge in [-0.05, 0) is 44.4 Å². The Morgan fingerprint density at radius 3 is 2.57 bits per heavy atom. The maximum absolute atomic E-state index is 13.3. The Balaban J connectivity index is 1.73. The van der Waals surface area contributed by atoms with Crippen LogP contribution in [0.4, 0.5) is 4.79 Å². The number of thiophene rings is 1. The molecule has 3 amide bonds. The van der Waals surface area contributed by atoms with E-state index in [9.17, 15) is 9.59 Å². The van der Waals surface area contributed by atoms with Crippen LogP contribution in [-0.4, -0.2) is 54.1 Å². The van der Waals surface area contributed by atoms with Crippen molar-refractivity contribution in [1.82, 2.24) is 15.1 Å². The monoisotopic (exact) mass is 429 g/mol. The van der Waals surface area contributed by atoms with Crippen LogP contribution in [0.2, 0.25) is 0 Å². The summed E-state index contributed by atoms with van der Waals surface area (Å²) in [6, 6.07) is 13.9. The molecule has 1 aromatic carbocycles. The van der Waals surface area contributed by atoms with Gasteiger partial charge in [-0.15, -0.1) is 11.3 Å². The second-order valence-corrected chi connectivity index (χ2v) is 8.97. The van der Waals surface area contributed by atoms with E-state index < -0.39 is 0 Å². The number of urea groups is 1. The summed E-state index contributed by atoms with van der Waals surface area (Å²) in [6.45, 7) is 6.73. The number of rotatable bonds is 9. The van der Waals surface area contributed by atoms with Crippen molar-refractivity contribution < 1.29 is 14.3 Å². The third-order valence-electron chi connectivity index (χ3n) is 5.10. The first kappa shape index (κ1) is 22.3. The number of benzene rings is 1. The molecule has 1 aliphatic rings. The normalized spacial score (nSPS) is 15.7. The molecule has 0 bridgehead atoms. The van der Waals surface area contributed by atoms with Crippen LogP contribution in [0.25, 0.3) is 0 Å². The minimum atomic E-state index is -0.215. The molecular formula is C23H31N3O3S. The van der Waals surface area contributed by atoms with Crippen LogP contribution >= 0.6 is 11.3 Å². The first-order valence-electron chi connectivity index (χ1n) is 10.6.